The summed E-state index contributed by atoms with van der Waals surface area (Å²) in [7, 11) is 0. The molecule has 0 atom stereocenters. The fourth-order valence-electron chi connectivity index (χ4n) is 1.58. The van der Waals surface area contributed by atoms with Gasteiger partial charge >= 0.3 is 11.5 Å². The van der Waals surface area contributed by atoms with Gasteiger partial charge in [0.15, 0.2) is 5.76 Å². The van der Waals surface area contributed by atoms with E-state index in [9.17, 15) is 14.7 Å². The van der Waals surface area contributed by atoms with Crippen LogP contribution >= 0.6 is 0 Å². The van der Waals surface area contributed by atoms with E-state index < -0.39 is 11.5 Å². The molecule has 0 aromatic carbocycles. The first-order chi connectivity index (χ1) is 9.49. The van der Waals surface area contributed by atoms with Crippen molar-refractivity contribution >= 4 is 11.6 Å². The average Bonchev–Trinajstić information content (AvgIpc) is 2.88. The Hall–Kier alpha value is -2.83. The molecule has 2 aromatic rings. The summed E-state index contributed by atoms with van der Waals surface area (Å²) in [6.07, 6.45) is 1.35. The maximum atomic E-state index is 11.6. The molecule has 0 bridgehead atoms. The van der Waals surface area contributed by atoms with E-state index >= 15 is 0 Å². The number of hydrogen-bond donors (Lipinski definition) is 2. The molecule has 2 heterocycles. The molecule has 0 aliphatic rings. The SMILES string of the molecule is CC(=NNC(=O)c1ccco1)c1c(O)cc(C)oc1=O. The van der Waals surface area contributed by atoms with Crippen LogP contribution in [0.25, 0.3) is 0 Å². The van der Waals surface area contributed by atoms with E-state index in [4.69, 9.17) is 8.83 Å². The molecule has 7 nitrogen and oxygen atoms in total. The molecule has 0 saturated heterocycles. The zero-order chi connectivity index (χ0) is 14.7. The molecule has 0 spiro atoms. The summed E-state index contributed by atoms with van der Waals surface area (Å²) in [5, 5.41) is 13.5. The number of aryl methyl sites for hydroxylation is 1. The molecule has 2 aromatic heterocycles. The molecule has 2 N–H and O–H groups in total. The lowest BCUT2D eigenvalue weighted by atomic mass is 10.2. The second-order valence-electron chi connectivity index (χ2n) is 4.02. The van der Waals surface area contributed by atoms with Gasteiger partial charge in [-0.3, -0.25) is 4.79 Å². The van der Waals surface area contributed by atoms with Crippen molar-refractivity contribution in [2.45, 2.75) is 13.8 Å². The predicted octanol–water partition coefficient (Wildman–Crippen LogP) is 1.40. The quantitative estimate of drug-likeness (QED) is 0.651. The van der Waals surface area contributed by atoms with Crippen LogP contribution in [-0.2, 0) is 0 Å². The molecule has 7 heteroatoms. The van der Waals surface area contributed by atoms with Gasteiger partial charge in [0.25, 0.3) is 0 Å². The van der Waals surface area contributed by atoms with Crippen molar-refractivity contribution in [2.24, 2.45) is 5.10 Å². The van der Waals surface area contributed by atoms with Crippen molar-refractivity contribution in [1.82, 2.24) is 5.43 Å². The Kier molecular flexibility index (Phi) is 3.69. The summed E-state index contributed by atoms with van der Waals surface area (Å²) >= 11 is 0. The van der Waals surface area contributed by atoms with Crippen LogP contribution in [0, 0.1) is 6.92 Å². The number of nitrogens with zero attached hydrogens (tertiary/aromatic N) is 1. The zero-order valence-electron chi connectivity index (χ0n) is 10.8. The average molecular weight is 276 g/mol. The van der Waals surface area contributed by atoms with Gasteiger partial charge in [0.05, 0.1) is 12.0 Å². The number of hydrogen-bond acceptors (Lipinski definition) is 6. The van der Waals surface area contributed by atoms with E-state index in [0.717, 1.165) is 0 Å². The second-order valence-corrected chi connectivity index (χ2v) is 4.02. The molecule has 0 aliphatic carbocycles. The van der Waals surface area contributed by atoms with Gasteiger partial charge in [-0.1, -0.05) is 0 Å². The summed E-state index contributed by atoms with van der Waals surface area (Å²) in [5.41, 5.74) is 1.51. The molecular formula is C13H12N2O5. The summed E-state index contributed by atoms with van der Waals surface area (Å²) in [6, 6.07) is 4.33. The van der Waals surface area contributed by atoms with Crippen LogP contribution in [0.3, 0.4) is 0 Å². The molecule has 2 rings (SSSR count). The monoisotopic (exact) mass is 276 g/mol. The Labute approximate surface area is 113 Å². The maximum Gasteiger partial charge on any atom is 0.348 e. The van der Waals surface area contributed by atoms with Crippen LogP contribution in [0.5, 0.6) is 5.75 Å². The molecule has 104 valence electrons. The van der Waals surface area contributed by atoms with Gasteiger partial charge < -0.3 is 13.9 Å². The van der Waals surface area contributed by atoms with E-state index in [1.165, 1.54) is 32.2 Å². The minimum atomic E-state index is -0.726. The Balaban J connectivity index is 2.24. The fourth-order valence-corrected chi connectivity index (χ4v) is 1.58. The largest absolute Gasteiger partial charge is 0.507 e. The van der Waals surface area contributed by atoms with Crippen LogP contribution in [0.4, 0.5) is 0 Å². The normalized spacial score (nSPS) is 11.4. The first-order valence-electron chi connectivity index (χ1n) is 5.71. The lowest BCUT2D eigenvalue weighted by Gasteiger charge is -2.03. The van der Waals surface area contributed by atoms with E-state index in [1.54, 1.807) is 6.07 Å². The Morgan fingerprint density at radius 2 is 2.20 bits per heavy atom. The van der Waals surface area contributed by atoms with Crippen LogP contribution < -0.4 is 11.1 Å². The van der Waals surface area contributed by atoms with Crippen molar-refractivity contribution in [1.29, 1.82) is 0 Å². The number of carbonyl (C=O) groups excluding carboxylic acids is 1. The third-order valence-corrected chi connectivity index (χ3v) is 2.49. The van der Waals surface area contributed by atoms with E-state index in [2.05, 4.69) is 10.5 Å². The number of nitrogens with one attached hydrogen (secondary N) is 1. The molecule has 0 fully saturated rings. The van der Waals surface area contributed by atoms with Crippen molar-refractivity contribution in [3.8, 4) is 5.75 Å². The molecule has 20 heavy (non-hydrogen) atoms. The highest BCUT2D eigenvalue weighted by atomic mass is 16.4. The summed E-state index contributed by atoms with van der Waals surface area (Å²) in [6.45, 7) is 3.00. The fraction of sp³-hybridized carbons (Fsp3) is 0.154. The number of amides is 1. The summed E-state index contributed by atoms with van der Waals surface area (Å²) < 4.78 is 9.75. The minimum absolute atomic E-state index is 0.0849. The number of rotatable bonds is 3. The third-order valence-electron chi connectivity index (χ3n) is 2.49. The predicted molar refractivity (Wildman–Crippen MR) is 69.8 cm³/mol. The first-order valence-corrected chi connectivity index (χ1v) is 5.71. The Bertz CT molecular complexity index is 713. The van der Waals surface area contributed by atoms with Crippen molar-refractivity contribution in [3.05, 3.63) is 52.0 Å². The van der Waals surface area contributed by atoms with Crippen LogP contribution in [0.2, 0.25) is 0 Å². The van der Waals surface area contributed by atoms with Gasteiger partial charge in [0.1, 0.15) is 17.1 Å². The molecule has 0 radical (unpaired) electrons. The van der Waals surface area contributed by atoms with Crippen molar-refractivity contribution < 1.29 is 18.7 Å². The highest BCUT2D eigenvalue weighted by Gasteiger charge is 2.14. The van der Waals surface area contributed by atoms with Gasteiger partial charge in [-0.25, -0.2) is 10.2 Å². The number of hydrazone groups is 1. The molecular weight excluding hydrogens is 264 g/mol. The maximum absolute atomic E-state index is 11.6. The number of furan rings is 1. The smallest absolute Gasteiger partial charge is 0.348 e. The first kappa shape index (κ1) is 13.6. The van der Waals surface area contributed by atoms with Gasteiger partial charge in [-0.05, 0) is 26.0 Å². The van der Waals surface area contributed by atoms with Crippen molar-refractivity contribution in [2.75, 3.05) is 0 Å². The van der Waals surface area contributed by atoms with Gasteiger partial charge in [0.2, 0.25) is 0 Å². The summed E-state index contributed by atoms with van der Waals surface area (Å²) in [5.74, 6) is -0.456. The standard InChI is InChI=1S/C13H12N2O5/c1-7-6-9(16)11(13(18)20-7)8(2)14-15-12(17)10-4-3-5-19-10/h3-6,16H,1-2H3,(H,15,17). The number of carbonyl (C=O) groups is 1. The topological polar surface area (TPSA) is 105 Å². The zero-order valence-corrected chi connectivity index (χ0v) is 10.8. The highest BCUT2D eigenvalue weighted by molar-refractivity contribution is 6.01. The van der Waals surface area contributed by atoms with Crippen LogP contribution in [-0.4, -0.2) is 16.7 Å². The van der Waals surface area contributed by atoms with Crippen molar-refractivity contribution in [3.63, 3.8) is 0 Å². The summed E-state index contributed by atoms with van der Waals surface area (Å²) in [4.78, 5) is 23.2. The molecule has 0 unspecified atom stereocenters. The molecule has 1 amide bonds. The van der Waals surface area contributed by atoms with Gasteiger partial charge in [-0.15, -0.1) is 0 Å². The van der Waals surface area contributed by atoms with Crippen LogP contribution in [0.1, 0.15) is 28.8 Å². The Morgan fingerprint density at radius 1 is 1.45 bits per heavy atom. The second kappa shape index (κ2) is 5.43. The Morgan fingerprint density at radius 3 is 2.80 bits per heavy atom. The van der Waals surface area contributed by atoms with Gasteiger partial charge in [0, 0.05) is 6.07 Å². The molecule has 0 aliphatic heterocycles. The van der Waals surface area contributed by atoms with Crippen LogP contribution in [0.15, 0.2) is 43.2 Å². The molecule has 0 saturated carbocycles. The highest BCUT2D eigenvalue weighted by Crippen LogP contribution is 2.15. The number of aromatic hydroxyl groups is 1. The van der Waals surface area contributed by atoms with Gasteiger partial charge in [-0.2, -0.15) is 5.10 Å². The minimum Gasteiger partial charge on any atom is -0.507 e. The third kappa shape index (κ3) is 2.77. The van der Waals surface area contributed by atoms with E-state index in [1.807, 2.05) is 0 Å². The lowest BCUT2D eigenvalue weighted by molar-refractivity contribution is 0.0927. The van der Waals surface area contributed by atoms with E-state index in [-0.39, 0.29) is 28.5 Å². The van der Waals surface area contributed by atoms with E-state index in [0.29, 0.717) is 0 Å². The lowest BCUT2D eigenvalue weighted by Crippen LogP contribution is -2.21.